The molecule has 0 atom stereocenters. The minimum absolute atomic E-state index is 0.302. The van der Waals surface area contributed by atoms with Gasteiger partial charge in [-0.2, -0.15) is 0 Å². The van der Waals surface area contributed by atoms with E-state index in [4.69, 9.17) is 4.74 Å². The van der Waals surface area contributed by atoms with Crippen LogP contribution in [0.4, 0.5) is 4.79 Å². The Morgan fingerprint density at radius 1 is 1.33 bits per heavy atom. The molecule has 2 rings (SSSR count). The first-order chi connectivity index (χ1) is 7.34. The molecule has 3 nitrogen and oxygen atoms in total. The van der Waals surface area contributed by atoms with Crippen molar-refractivity contribution < 1.29 is 9.53 Å². The summed E-state index contributed by atoms with van der Waals surface area (Å²) in [6, 6.07) is 10.0. The molecule has 1 aliphatic carbocycles. The van der Waals surface area contributed by atoms with Gasteiger partial charge in [0.05, 0.1) is 0 Å². The van der Waals surface area contributed by atoms with Crippen LogP contribution in [-0.2, 0) is 11.3 Å². The van der Waals surface area contributed by atoms with Crippen molar-refractivity contribution >= 4 is 6.09 Å². The van der Waals surface area contributed by atoms with Crippen molar-refractivity contribution in [2.75, 3.05) is 0 Å². The number of benzene rings is 1. The van der Waals surface area contributed by atoms with Gasteiger partial charge in [0.25, 0.3) is 0 Å². The van der Waals surface area contributed by atoms with E-state index < -0.39 is 0 Å². The fourth-order valence-electron chi connectivity index (χ4n) is 1.48. The Kier molecular flexibility index (Phi) is 3.22. The van der Waals surface area contributed by atoms with E-state index in [-0.39, 0.29) is 6.09 Å². The third-order valence-corrected chi connectivity index (χ3v) is 2.64. The number of carbonyl (C=O) groups is 1. The first-order valence-corrected chi connectivity index (χ1v) is 5.32. The van der Waals surface area contributed by atoms with Gasteiger partial charge in [-0.05, 0) is 24.8 Å². The third kappa shape index (κ3) is 2.98. The number of hydrogen-bond donors (Lipinski definition) is 1. The topological polar surface area (TPSA) is 38.3 Å². The highest BCUT2D eigenvalue weighted by molar-refractivity contribution is 5.67. The molecule has 1 aromatic carbocycles. The summed E-state index contributed by atoms with van der Waals surface area (Å²) < 4.78 is 5.08. The molecule has 0 heterocycles. The van der Waals surface area contributed by atoms with Crippen molar-refractivity contribution in [3.8, 4) is 0 Å². The van der Waals surface area contributed by atoms with Gasteiger partial charge in [-0.1, -0.05) is 30.3 Å². The predicted molar refractivity (Wildman–Crippen MR) is 57.4 cm³/mol. The molecule has 15 heavy (non-hydrogen) atoms. The molecule has 1 N–H and O–H groups in total. The smallest absolute Gasteiger partial charge is 0.407 e. The number of amides is 1. The minimum Gasteiger partial charge on any atom is -0.445 e. The Bertz CT molecular complexity index is 320. The number of carbonyl (C=O) groups excluding carboxylic acids is 1. The standard InChI is InChI=1S/C12H15NO2/c14-12(13-11-7-4-8-11)15-9-10-5-2-1-3-6-10/h1-3,5-6,11H,4,7-9H2,(H,13,14). The molecule has 3 heteroatoms. The highest BCUT2D eigenvalue weighted by Gasteiger charge is 2.19. The van der Waals surface area contributed by atoms with Gasteiger partial charge in [0, 0.05) is 6.04 Å². The summed E-state index contributed by atoms with van der Waals surface area (Å²) in [6.07, 6.45) is 3.08. The van der Waals surface area contributed by atoms with Gasteiger partial charge in [0.1, 0.15) is 6.61 Å². The summed E-state index contributed by atoms with van der Waals surface area (Å²) in [7, 11) is 0. The Labute approximate surface area is 89.4 Å². The first-order valence-electron chi connectivity index (χ1n) is 5.32. The summed E-state index contributed by atoms with van der Waals surface area (Å²) in [5.74, 6) is 0. The number of ether oxygens (including phenoxy) is 1. The van der Waals surface area contributed by atoms with Crippen LogP contribution in [0.1, 0.15) is 24.8 Å². The molecule has 0 spiro atoms. The Hall–Kier alpha value is -1.51. The molecule has 1 fully saturated rings. The van der Waals surface area contributed by atoms with Crippen LogP contribution in [0.25, 0.3) is 0 Å². The van der Waals surface area contributed by atoms with Crippen LogP contribution in [0.3, 0.4) is 0 Å². The van der Waals surface area contributed by atoms with Crippen molar-refractivity contribution in [2.45, 2.75) is 31.9 Å². The maximum absolute atomic E-state index is 11.3. The van der Waals surface area contributed by atoms with Crippen LogP contribution in [0.2, 0.25) is 0 Å². The van der Waals surface area contributed by atoms with E-state index in [9.17, 15) is 4.79 Å². The molecule has 0 bridgehead atoms. The Balaban J connectivity index is 1.71. The molecule has 1 amide bonds. The summed E-state index contributed by atoms with van der Waals surface area (Å²) in [5.41, 5.74) is 1.02. The lowest BCUT2D eigenvalue weighted by molar-refractivity contribution is 0.130. The van der Waals surface area contributed by atoms with Gasteiger partial charge in [-0.25, -0.2) is 4.79 Å². The van der Waals surface area contributed by atoms with Crippen LogP contribution in [-0.4, -0.2) is 12.1 Å². The molecule has 0 radical (unpaired) electrons. The van der Waals surface area contributed by atoms with Crippen LogP contribution in [0.15, 0.2) is 30.3 Å². The second-order valence-corrected chi connectivity index (χ2v) is 3.83. The molecule has 80 valence electrons. The van der Waals surface area contributed by atoms with Gasteiger partial charge >= 0.3 is 6.09 Å². The summed E-state index contributed by atoms with van der Waals surface area (Å²) in [6.45, 7) is 0.347. The lowest BCUT2D eigenvalue weighted by Gasteiger charge is -2.25. The van der Waals surface area contributed by atoms with Crippen molar-refractivity contribution in [1.82, 2.24) is 5.32 Å². The van der Waals surface area contributed by atoms with E-state index in [0.29, 0.717) is 12.6 Å². The SMILES string of the molecule is O=C(NC1CCC1)OCc1ccccc1. The fraction of sp³-hybridized carbons (Fsp3) is 0.417. The average Bonchev–Trinajstić information content (AvgIpc) is 2.22. The lowest BCUT2D eigenvalue weighted by atomic mass is 9.93. The molecule has 1 aliphatic rings. The van der Waals surface area contributed by atoms with Crippen molar-refractivity contribution in [3.05, 3.63) is 35.9 Å². The fourth-order valence-corrected chi connectivity index (χ4v) is 1.48. The van der Waals surface area contributed by atoms with E-state index in [2.05, 4.69) is 5.32 Å². The van der Waals surface area contributed by atoms with Gasteiger partial charge in [-0.15, -0.1) is 0 Å². The quantitative estimate of drug-likeness (QED) is 0.823. The second kappa shape index (κ2) is 4.82. The van der Waals surface area contributed by atoms with Crippen LogP contribution in [0, 0.1) is 0 Å². The summed E-state index contributed by atoms with van der Waals surface area (Å²) >= 11 is 0. The number of nitrogens with one attached hydrogen (secondary N) is 1. The number of alkyl carbamates (subject to hydrolysis) is 1. The minimum atomic E-state index is -0.302. The second-order valence-electron chi connectivity index (χ2n) is 3.83. The monoisotopic (exact) mass is 205 g/mol. The summed E-state index contributed by atoms with van der Waals surface area (Å²) in [5, 5.41) is 2.83. The van der Waals surface area contributed by atoms with E-state index in [1.807, 2.05) is 30.3 Å². The molecule has 0 aromatic heterocycles. The van der Waals surface area contributed by atoms with Crippen molar-refractivity contribution in [3.63, 3.8) is 0 Å². The highest BCUT2D eigenvalue weighted by Crippen LogP contribution is 2.18. The highest BCUT2D eigenvalue weighted by atomic mass is 16.5. The molecule has 1 saturated carbocycles. The third-order valence-electron chi connectivity index (χ3n) is 2.64. The zero-order valence-corrected chi connectivity index (χ0v) is 8.61. The average molecular weight is 205 g/mol. The van der Waals surface area contributed by atoms with Crippen LogP contribution >= 0.6 is 0 Å². The molecule has 0 saturated heterocycles. The molecule has 1 aromatic rings. The van der Waals surface area contributed by atoms with E-state index in [0.717, 1.165) is 18.4 Å². The van der Waals surface area contributed by atoms with Gasteiger partial charge in [0.15, 0.2) is 0 Å². The zero-order valence-electron chi connectivity index (χ0n) is 8.61. The van der Waals surface area contributed by atoms with Gasteiger partial charge in [-0.3, -0.25) is 0 Å². The maximum atomic E-state index is 11.3. The zero-order chi connectivity index (χ0) is 10.5. The Morgan fingerprint density at radius 2 is 2.07 bits per heavy atom. The van der Waals surface area contributed by atoms with Crippen molar-refractivity contribution in [1.29, 1.82) is 0 Å². The molecular weight excluding hydrogens is 190 g/mol. The molecule has 0 aliphatic heterocycles. The van der Waals surface area contributed by atoms with Gasteiger partial charge in [0.2, 0.25) is 0 Å². The number of rotatable bonds is 3. The molecular formula is C12H15NO2. The summed E-state index contributed by atoms with van der Waals surface area (Å²) in [4.78, 5) is 11.3. The predicted octanol–water partition coefficient (Wildman–Crippen LogP) is 2.47. The van der Waals surface area contributed by atoms with E-state index in [1.54, 1.807) is 0 Å². The lowest BCUT2D eigenvalue weighted by Crippen LogP contribution is -2.39. The molecule has 0 unspecified atom stereocenters. The van der Waals surface area contributed by atoms with Crippen molar-refractivity contribution in [2.24, 2.45) is 0 Å². The first kappa shape index (κ1) is 10.0. The van der Waals surface area contributed by atoms with Crippen LogP contribution < -0.4 is 5.32 Å². The Morgan fingerprint density at radius 3 is 2.67 bits per heavy atom. The maximum Gasteiger partial charge on any atom is 0.407 e. The van der Waals surface area contributed by atoms with E-state index >= 15 is 0 Å². The number of hydrogen-bond acceptors (Lipinski definition) is 2. The normalized spacial score (nSPS) is 15.5. The van der Waals surface area contributed by atoms with E-state index in [1.165, 1.54) is 6.42 Å². The van der Waals surface area contributed by atoms with Gasteiger partial charge < -0.3 is 10.1 Å². The largest absolute Gasteiger partial charge is 0.445 e. The van der Waals surface area contributed by atoms with Crippen LogP contribution in [0.5, 0.6) is 0 Å².